The molecule has 0 radical (unpaired) electrons. The summed E-state index contributed by atoms with van der Waals surface area (Å²) in [5.41, 5.74) is 6.92. The molecule has 7 heteroatoms. The molecule has 0 saturated heterocycles. The van der Waals surface area contributed by atoms with Gasteiger partial charge in [-0.2, -0.15) is 0 Å². The fraction of sp³-hybridized carbons (Fsp3) is 0.233. The van der Waals surface area contributed by atoms with E-state index in [1.807, 2.05) is 55.5 Å². The first-order chi connectivity index (χ1) is 17.8. The Bertz CT molecular complexity index is 1700. The highest BCUT2D eigenvalue weighted by atomic mass is 32.1. The number of carbonyl (C=O) groups is 1. The predicted molar refractivity (Wildman–Crippen MR) is 147 cm³/mol. The summed E-state index contributed by atoms with van der Waals surface area (Å²) < 4.78 is 9.77. The summed E-state index contributed by atoms with van der Waals surface area (Å²) in [6, 6.07) is 19.5. The molecule has 3 heterocycles. The number of hydrogen-bond acceptors (Lipinski definition) is 5. The van der Waals surface area contributed by atoms with Gasteiger partial charge in [0.1, 0.15) is 0 Å². The van der Waals surface area contributed by atoms with E-state index in [4.69, 9.17) is 4.74 Å². The summed E-state index contributed by atoms with van der Waals surface area (Å²) in [5, 5.41) is 0. The molecule has 0 aliphatic carbocycles. The van der Waals surface area contributed by atoms with Crippen molar-refractivity contribution >= 4 is 23.4 Å². The Morgan fingerprint density at radius 1 is 1.05 bits per heavy atom. The number of para-hydroxylation sites is 1. The number of esters is 1. The Morgan fingerprint density at radius 2 is 1.76 bits per heavy atom. The molecule has 2 aromatic carbocycles. The van der Waals surface area contributed by atoms with Crippen molar-refractivity contribution in [2.24, 2.45) is 4.99 Å². The van der Waals surface area contributed by atoms with Crippen molar-refractivity contribution in [3.05, 3.63) is 120 Å². The lowest BCUT2D eigenvalue weighted by Gasteiger charge is -2.24. The van der Waals surface area contributed by atoms with Gasteiger partial charge in [-0.05, 0) is 70.0 Å². The number of nitrogens with zero attached hydrogens (tertiary/aromatic N) is 3. The van der Waals surface area contributed by atoms with E-state index >= 15 is 0 Å². The molecule has 0 fully saturated rings. The molecule has 188 valence electrons. The number of hydrogen-bond donors (Lipinski definition) is 0. The minimum absolute atomic E-state index is 0.173. The van der Waals surface area contributed by atoms with E-state index < -0.39 is 12.0 Å². The molecular formula is C30H29N3O3S. The van der Waals surface area contributed by atoms with E-state index in [1.54, 1.807) is 18.4 Å². The monoisotopic (exact) mass is 511 g/mol. The zero-order valence-electron chi connectivity index (χ0n) is 21.6. The lowest BCUT2D eigenvalue weighted by Crippen LogP contribution is -2.39. The van der Waals surface area contributed by atoms with Crippen molar-refractivity contribution in [1.29, 1.82) is 0 Å². The Kier molecular flexibility index (Phi) is 6.56. The van der Waals surface area contributed by atoms with Crippen LogP contribution in [0.25, 0.3) is 11.8 Å². The quantitative estimate of drug-likeness (QED) is 0.370. The number of ether oxygens (including phenoxy) is 1. The molecule has 37 heavy (non-hydrogen) atoms. The first kappa shape index (κ1) is 24.7. The first-order valence-electron chi connectivity index (χ1n) is 12.3. The van der Waals surface area contributed by atoms with E-state index in [0.717, 1.165) is 33.8 Å². The van der Waals surface area contributed by atoms with Crippen LogP contribution >= 0.6 is 11.3 Å². The molecule has 1 atom stereocenters. The van der Waals surface area contributed by atoms with Crippen LogP contribution in [0.4, 0.5) is 0 Å². The third-order valence-electron chi connectivity index (χ3n) is 6.68. The second-order valence-electron chi connectivity index (χ2n) is 9.21. The van der Waals surface area contributed by atoms with E-state index in [0.29, 0.717) is 20.6 Å². The number of aromatic nitrogens is 2. The summed E-state index contributed by atoms with van der Waals surface area (Å²) in [4.78, 5) is 32.2. The fourth-order valence-electron chi connectivity index (χ4n) is 4.91. The van der Waals surface area contributed by atoms with Crippen LogP contribution < -0.4 is 14.9 Å². The molecule has 5 rings (SSSR count). The number of aryl methyl sites for hydroxylation is 2. The Labute approximate surface area is 219 Å². The van der Waals surface area contributed by atoms with Crippen molar-refractivity contribution in [2.45, 2.75) is 40.7 Å². The minimum Gasteiger partial charge on any atom is -0.463 e. The molecule has 4 aromatic rings. The topological polar surface area (TPSA) is 65.6 Å². The lowest BCUT2D eigenvalue weighted by atomic mass is 9.95. The van der Waals surface area contributed by atoms with Crippen LogP contribution in [0.3, 0.4) is 0 Å². The van der Waals surface area contributed by atoms with E-state index in [-0.39, 0.29) is 12.2 Å². The van der Waals surface area contributed by atoms with E-state index in [2.05, 4.69) is 41.6 Å². The van der Waals surface area contributed by atoms with Gasteiger partial charge in [-0.15, -0.1) is 0 Å². The zero-order chi connectivity index (χ0) is 26.3. The molecule has 1 aliphatic heterocycles. The first-order valence-corrected chi connectivity index (χ1v) is 13.1. The number of rotatable bonds is 5. The number of fused-ring (bicyclic) bond motifs is 1. The van der Waals surface area contributed by atoms with Crippen molar-refractivity contribution in [3.8, 4) is 5.69 Å². The predicted octanol–water partition coefficient (Wildman–Crippen LogP) is 4.51. The Hall–Kier alpha value is -3.97. The van der Waals surface area contributed by atoms with Gasteiger partial charge in [0.15, 0.2) is 4.80 Å². The molecule has 0 spiro atoms. The van der Waals surface area contributed by atoms with E-state index in [1.165, 1.54) is 11.3 Å². The van der Waals surface area contributed by atoms with Gasteiger partial charge in [-0.25, -0.2) is 9.79 Å². The van der Waals surface area contributed by atoms with Gasteiger partial charge in [0.25, 0.3) is 5.56 Å². The van der Waals surface area contributed by atoms with Crippen LogP contribution in [0.5, 0.6) is 0 Å². The summed E-state index contributed by atoms with van der Waals surface area (Å²) in [5.74, 6) is -0.449. The largest absolute Gasteiger partial charge is 0.463 e. The maximum absolute atomic E-state index is 13.9. The molecule has 0 bridgehead atoms. The maximum atomic E-state index is 13.9. The van der Waals surface area contributed by atoms with Crippen molar-refractivity contribution < 1.29 is 9.53 Å². The molecule has 0 N–H and O–H groups in total. The molecular weight excluding hydrogens is 482 g/mol. The second kappa shape index (κ2) is 9.82. The molecule has 1 unspecified atom stereocenters. The SMILES string of the molecule is CCOC(=O)C1=C(C)N=c2sc(=Cc3cc(C)n(-c4ccccc4)c3C)c(=O)n2C1c1ccc(C)cc1. The van der Waals surface area contributed by atoms with Crippen molar-refractivity contribution in [1.82, 2.24) is 9.13 Å². The smallest absolute Gasteiger partial charge is 0.338 e. The third-order valence-corrected chi connectivity index (χ3v) is 7.66. The van der Waals surface area contributed by atoms with Gasteiger partial charge >= 0.3 is 5.97 Å². The third kappa shape index (κ3) is 4.40. The Balaban J connectivity index is 1.70. The van der Waals surface area contributed by atoms with Crippen molar-refractivity contribution in [3.63, 3.8) is 0 Å². The van der Waals surface area contributed by atoms with Crippen LogP contribution in [-0.2, 0) is 9.53 Å². The van der Waals surface area contributed by atoms with Crippen LogP contribution in [-0.4, -0.2) is 21.7 Å². The lowest BCUT2D eigenvalue weighted by molar-refractivity contribution is -0.139. The van der Waals surface area contributed by atoms with Crippen LogP contribution in [0, 0.1) is 20.8 Å². The maximum Gasteiger partial charge on any atom is 0.338 e. The summed E-state index contributed by atoms with van der Waals surface area (Å²) in [7, 11) is 0. The second-order valence-corrected chi connectivity index (χ2v) is 10.2. The minimum atomic E-state index is -0.602. The van der Waals surface area contributed by atoms with Crippen LogP contribution in [0.2, 0.25) is 0 Å². The van der Waals surface area contributed by atoms with Gasteiger partial charge in [-0.3, -0.25) is 9.36 Å². The van der Waals surface area contributed by atoms with Crippen LogP contribution in [0.1, 0.15) is 48.0 Å². The molecule has 0 amide bonds. The number of benzene rings is 2. The number of thiazole rings is 1. The number of allylic oxidation sites excluding steroid dienone is 1. The van der Waals surface area contributed by atoms with Gasteiger partial charge in [0.2, 0.25) is 0 Å². The van der Waals surface area contributed by atoms with Gasteiger partial charge in [0.05, 0.1) is 28.5 Å². The normalized spacial score (nSPS) is 15.5. The van der Waals surface area contributed by atoms with Gasteiger partial charge < -0.3 is 9.30 Å². The molecule has 0 saturated carbocycles. The molecule has 6 nitrogen and oxygen atoms in total. The highest BCUT2D eigenvalue weighted by Gasteiger charge is 2.33. The Morgan fingerprint density at radius 3 is 2.43 bits per heavy atom. The van der Waals surface area contributed by atoms with Gasteiger partial charge in [-0.1, -0.05) is 59.4 Å². The summed E-state index contributed by atoms with van der Waals surface area (Å²) in [6.45, 7) is 9.95. The average Bonchev–Trinajstić information content (AvgIpc) is 3.33. The van der Waals surface area contributed by atoms with Crippen molar-refractivity contribution in [2.75, 3.05) is 6.61 Å². The summed E-state index contributed by atoms with van der Waals surface area (Å²) in [6.07, 6.45) is 1.93. The fourth-order valence-corrected chi connectivity index (χ4v) is 5.94. The standard InChI is InChI=1S/C30H29N3O3S/c1-6-36-29(35)26-20(4)31-30-33(27(26)22-14-12-18(2)13-15-22)28(34)25(37-30)17-23-16-19(3)32(21(23)5)24-10-8-7-9-11-24/h7-17,27H,6H2,1-5H3. The number of carbonyl (C=O) groups excluding carboxylic acids is 1. The highest BCUT2D eigenvalue weighted by Crippen LogP contribution is 2.31. The summed E-state index contributed by atoms with van der Waals surface area (Å²) >= 11 is 1.34. The average molecular weight is 512 g/mol. The zero-order valence-corrected chi connectivity index (χ0v) is 22.4. The van der Waals surface area contributed by atoms with Gasteiger partial charge in [0, 0.05) is 17.1 Å². The molecule has 2 aromatic heterocycles. The highest BCUT2D eigenvalue weighted by molar-refractivity contribution is 7.07. The van der Waals surface area contributed by atoms with E-state index in [9.17, 15) is 9.59 Å². The van der Waals surface area contributed by atoms with Crippen LogP contribution in [0.15, 0.2) is 81.7 Å². The molecule has 1 aliphatic rings.